The Morgan fingerprint density at radius 3 is 2.61 bits per heavy atom. The number of anilines is 1. The Morgan fingerprint density at radius 1 is 1.15 bits per heavy atom. The third kappa shape index (κ3) is 5.52. The number of nitrogens with two attached hydrogens (primary N) is 1. The van der Waals surface area contributed by atoms with Gasteiger partial charge >= 0.3 is 0 Å². The van der Waals surface area contributed by atoms with Crippen LogP contribution < -0.4 is 10.6 Å². The number of halogens is 1. The third-order valence-electron chi connectivity index (χ3n) is 5.42. The first-order valence-electron chi connectivity index (χ1n) is 10.8. The van der Waals surface area contributed by atoms with Gasteiger partial charge in [-0.25, -0.2) is 4.99 Å². The molecule has 2 aliphatic heterocycles. The number of phenols is 1. The molecule has 9 heteroatoms. The van der Waals surface area contributed by atoms with Crippen LogP contribution in [0.4, 0.5) is 5.69 Å². The predicted molar refractivity (Wildman–Crippen MR) is 136 cm³/mol. The number of nitrogens with zero attached hydrogens (tertiary/aromatic N) is 3. The summed E-state index contributed by atoms with van der Waals surface area (Å²) in [6.07, 6.45) is 5.26. The topological polar surface area (TPSA) is 83.5 Å². The first kappa shape index (κ1) is 23.2. The smallest absolute Gasteiger partial charge is 0.168 e. The Bertz CT molecular complexity index is 1100. The van der Waals surface area contributed by atoms with Crippen molar-refractivity contribution in [3.05, 3.63) is 70.9 Å². The molecule has 2 aromatic carbocycles. The molecule has 174 valence electrons. The summed E-state index contributed by atoms with van der Waals surface area (Å²) in [6.45, 7) is 8.08. The molecule has 0 radical (unpaired) electrons. The molecule has 1 atom stereocenters. The molecule has 0 saturated carbocycles. The lowest BCUT2D eigenvalue weighted by Gasteiger charge is -2.37. The van der Waals surface area contributed by atoms with Gasteiger partial charge in [0, 0.05) is 38.2 Å². The summed E-state index contributed by atoms with van der Waals surface area (Å²) in [5.41, 5.74) is 9.23. The van der Waals surface area contributed by atoms with Gasteiger partial charge in [0.1, 0.15) is 18.8 Å². The van der Waals surface area contributed by atoms with Crippen LogP contribution in [0.25, 0.3) is 5.70 Å². The summed E-state index contributed by atoms with van der Waals surface area (Å²) in [5, 5.41) is 11.8. The minimum absolute atomic E-state index is 0.223. The molecule has 0 aliphatic carbocycles. The maximum absolute atomic E-state index is 9.74. The maximum atomic E-state index is 9.74. The molecule has 0 aromatic heterocycles. The SMILES string of the molecule is C[Si](C)(C)CCOCN1C(c2ccc(O)cc2)=CC2=CN=CN(Oc3ccc(N)c(Cl)c3)C21. The van der Waals surface area contributed by atoms with E-state index in [0.717, 1.165) is 22.9 Å². The molecule has 3 N–H and O–H groups in total. The quantitative estimate of drug-likeness (QED) is 0.306. The average Bonchev–Trinajstić information content (AvgIpc) is 3.13. The van der Waals surface area contributed by atoms with Crippen molar-refractivity contribution in [2.24, 2.45) is 4.99 Å². The lowest BCUT2D eigenvalue weighted by Crippen LogP contribution is -2.48. The molecule has 1 unspecified atom stereocenters. The van der Waals surface area contributed by atoms with Crippen molar-refractivity contribution in [1.82, 2.24) is 9.96 Å². The van der Waals surface area contributed by atoms with Gasteiger partial charge in [-0.15, -0.1) is 0 Å². The van der Waals surface area contributed by atoms with Gasteiger partial charge in [0.2, 0.25) is 0 Å². The third-order valence-corrected chi connectivity index (χ3v) is 7.46. The van der Waals surface area contributed by atoms with Crippen LogP contribution in [0.1, 0.15) is 5.56 Å². The van der Waals surface area contributed by atoms with Crippen LogP contribution in [-0.4, -0.2) is 49.0 Å². The van der Waals surface area contributed by atoms with Gasteiger partial charge in [-0.1, -0.05) is 31.2 Å². The zero-order valence-electron chi connectivity index (χ0n) is 19.0. The van der Waals surface area contributed by atoms with Crippen molar-refractivity contribution in [3.8, 4) is 11.5 Å². The van der Waals surface area contributed by atoms with E-state index in [1.807, 2.05) is 18.3 Å². The molecule has 0 spiro atoms. The molecule has 33 heavy (non-hydrogen) atoms. The van der Waals surface area contributed by atoms with E-state index in [4.69, 9.17) is 26.9 Å². The summed E-state index contributed by atoms with van der Waals surface area (Å²) < 4.78 is 6.13. The first-order valence-corrected chi connectivity index (χ1v) is 14.9. The number of rotatable bonds is 8. The van der Waals surface area contributed by atoms with Crippen LogP contribution >= 0.6 is 11.6 Å². The van der Waals surface area contributed by atoms with E-state index in [9.17, 15) is 5.11 Å². The lowest BCUT2D eigenvalue weighted by atomic mass is 10.1. The highest BCUT2D eigenvalue weighted by atomic mass is 35.5. The number of aromatic hydroxyl groups is 1. The van der Waals surface area contributed by atoms with Gasteiger partial charge < -0.3 is 25.3 Å². The monoisotopic (exact) mass is 484 g/mol. The van der Waals surface area contributed by atoms with Gasteiger partial charge in [-0.2, -0.15) is 5.06 Å². The molecule has 4 rings (SSSR count). The number of ether oxygens (including phenoxy) is 1. The van der Waals surface area contributed by atoms with Crippen LogP contribution in [0.3, 0.4) is 0 Å². The van der Waals surface area contributed by atoms with Gasteiger partial charge in [0.15, 0.2) is 11.9 Å². The lowest BCUT2D eigenvalue weighted by molar-refractivity contribution is -0.0710. The Kier molecular flexibility index (Phi) is 6.69. The van der Waals surface area contributed by atoms with E-state index in [1.165, 1.54) is 0 Å². The van der Waals surface area contributed by atoms with Crippen molar-refractivity contribution in [2.45, 2.75) is 31.9 Å². The molecule has 0 fully saturated rings. The molecule has 2 aromatic rings. The molecule has 2 heterocycles. The maximum Gasteiger partial charge on any atom is 0.168 e. The minimum Gasteiger partial charge on any atom is -0.508 e. The Labute approximate surface area is 200 Å². The van der Waals surface area contributed by atoms with Crippen molar-refractivity contribution in [3.63, 3.8) is 0 Å². The summed E-state index contributed by atoms with van der Waals surface area (Å²) in [7, 11) is -1.21. The molecule has 0 amide bonds. The van der Waals surface area contributed by atoms with Gasteiger partial charge in [-0.05, 0) is 54.1 Å². The second-order valence-electron chi connectivity index (χ2n) is 9.30. The van der Waals surface area contributed by atoms with Crippen molar-refractivity contribution >= 4 is 37.4 Å². The zero-order chi connectivity index (χ0) is 23.6. The van der Waals surface area contributed by atoms with Crippen molar-refractivity contribution in [1.29, 1.82) is 0 Å². The van der Waals surface area contributed by atoms with Gasteiger partial charge in [0.25, 0.3) is 0 Å². The minimum atomic E-state index is -1.21. The molecular weight excluding hydrogens is 456 g/mol. The van der Waals surface area contributed by atoms with E-state index in [1.54, 1.807) is 41.7 Å². The van der Waals surface area contributed by atoms with E-state index < -0.39 is 8.07 Å². The number of nitrogen functional groups attached to an aromatic ring is 1. The average molecular weight is 485 g/mol. The second-order valence-corrected chi connectivity index (χ2v) is 15.3. The Hall–Kier alpha value is -2.94. The fraction of sp³-hybridized carbons (Fsp3) is 0.292. The van der Waals surface area contributed by atoms with Crippen LogP contribution in [0, 0.1) is 0 Å². The number of hydroxylamine groups is 2. The van der Waals surface area contributed by atoms with Gasteiger partial charge in [0.05, 0.1) is 10.7 Å². The number of fused-ring (bicyclic) bond motifs is 1. The van der Waals surface area contributed by atoms with Crippen LogP contribution in [0.15, 0.2) is 65.3 Å². The van der Waals surface area contributed by atoms with E-state index in [-0.39, 0.29) is 11.9 Å². The Morgan fingerprint density at radius 2 is 1.91 bits per heavy atom. The molecule has 0 bridgehead atoms. The summed E-state index contributed by atoms with van der Waals surface area (Å²) in [5.74, 6) is 0.778. The highest BCUT2D eigenvalue weighted by Crippen LogP contribution is 2.37. The fourth-order valence-corrected chi connectivity index (χ4v) is 4.51. The van der Waals surface area contributed by atoms with Gasteiger partial charge in [-0.3, -0.25) is 0 Å². The highest BCUT2D eigenvalue weighted by Gasteiger charge is 2.37. The first-order chi connectivity index (χ1) is 15.7. The number of phenolic OH excluding ortho intramolecular Hbond substituents is 1. The zero-order valence-corrected chi connectivity index (χ0v) is 20.8. The largest absolute Gasteiger partial charge is 0.508 e. The van der Waals surface area contributed by atoms with Crippen LogP contribution in [0.5, 0.6) is 11.5 Å². The predicted octanol–water partition coefficient (Wildman–Crippen LogP) is 5.14. The number of benzene rings is 2. The number of hydrogen-bond acceptors (Lipinski definition) is 7. The van der Waals surface area contributed by atoms with E-state index in [0.29, 0.717) is 29.8 Å². The van der Waals surface area contributed by atoms with Crippen LogP contribution in [0.2, 0.25) is 30.7 Å². The highest BCUT2D eigenvalue weighted by molar-refractivity contribution is 6.76. The molecule has 7 nitrogen and oxygen atoms in total. The summed E-state index contributed by atoms with van der Waals surface area (Å²) in [6, 6.07) is 13.4. The van der Waals surface area contributed by atoms with Crippen LogP contribution in [-0.2, 0) is 4.74 Å². The van der Waals surface area contributed by atoms with Crippen molar-refractivity contribution in [2.75, 3.05) is 19.1 Å². The standard InChI is InChI=1S/C24H29ClN4O3Si/c1-33(2,3)11-10-31-16-28-23(17-4-6-19(30)7-5-17)12-18-14-27-15-29(24(18)28)32-20-8-9-22(26)21(25)13-20/h4-9,12-15,24,30H,10-11,16,26H2,1-3H3. The molecule has 2 aliphatic rings. The number of aliphatic imine (C=N–C) groups is 1. The normalized spacial score (nSPS) is 17.6. The molecular formula is C24H29ClN4O3Si. The number of hydrogen-bond donors (Lipinski definition) is 2. The Balaban J connectivity index is 1.59. The summed E-state index contributed by atoms with van der Waals surface area (Å²) in [4.78, 5) is 12.6. The molecule has 0 saturated heterocycles. The van der Waals surface area contributed by atoms with E-state index in [2.05, 4.69) is 35.6 Å². The summed E-state index contributed by atoms with van der Waals surface area (Å²) >= 11 is 6.18. The second kappa shape index (κ2) is 9.50. The van der Waals surface area contributed by atoms with Crippen molar-refractivity contribution < 1.29 is 14.7 Å². The van der Waals surface area contributed by atoms with E-state index >= 15 is 0 Å². The fourth-order valence-electron chi connectivity index (χ4n) is 3.59.